The SMILES string of the molecule is Nc1cc(-c2cnc(-c3ccccc3)[nH]2)ccc1O. The summed E-state index contributed by atoms with van der Waals surface area (Å²) in [6, 6.07) is 15.0. The molecule has 3 rings (SSSR count). The number of hydrogen-bond donors (Lipinski definition) is 3. The Balaban J connectivity index is 1.99. The molecule has 4 N–H and O–H groups in total. The van der Waals surface area contributed by atoms with E-state index in [2.05, 4.69) is 9.97 Å². The van der Waals surface area contributed by atoms with Crippen molar-refractivity contribution in [2.45, 2.75) is 0 Å². The highest BCUT2D eigenvalue weighted by atomic mass is 16.3. The summed E-state index contributed by atoms with van der Waals surface area (Å²) < 4.78 is 0. The zero-order valence-electron chi connectivity index (χ0n) is 10.2. The number of H-pyrrole nitrogens is 1. The van der Waals surface area contributed by atoms with E-state index >= 15 is 0 Å². The molecule has 0 amide bonds. The second-order valence-electron chi connectivity index (χ2n) is 4.29. The van der Waals surface area contributed by atoms with Crippen LogP contribution in [0.1, 0.15) is 0 Å². The van der Waals surface area contributed by atoms with Gasteiger partial charge in [-0.05, 0) is 18.2 Å². The number of imidazole rings is 1. The lowest BCUT2D eigenvalue weighted by atomic mass is 10.1. The monoisotopic (exact) mass is 251 g/mol. The third kappa shape index (κ3) is 2.15. The highest BCUT2D eigenvalue weighted by molar-refractivity contribution is 5.69. The number of aromatic nitrogens is 2. The number of aromatic amines is 1. The van der Waals surface area contributed by atoms with Crippen LogP contribution in [-0.4, -0.2) is 15.1 Å². The lowest BCUT2D eigenvalue weighted by Crippen LogP contribution is -1.87. The van der Waals surface area contributed by atoms with Gasteiger partial charge in [-0.3, -0.25) is 0 Å². The fraction of sp³-hybridized carbons (Fsp3) is 0. The topological polar surface area (TPSA) is 74.9 Å². The van der Waals surface area contributed by atoms with Gasteiger partial charge in [-0.2, -0.15) is 0 Å². The molecule has 0 spiro atoms. The molecule has 0 aliphatic heterocycles. The van der Waals surface area contributed by atoms with Gasteiger partial charge in [0.05, 0.1) is 17.6 Å². The normalized spacial score (nSPS) is 10.5. The average Bonchev–Trinajstić information content (AvgIpc) is 2.93. The fourth-order valence-corrected chi connectivity index (χ4v) is 1.93. The number of nitrogens with zero attached hydrogens (tertiary/aromatic N) is 1. The summed E-state index contributed by atoms with van der Waals surface area (Å²) in [6.07, 6.45) is 1.76. The first kappa shape index (κ1) is 11.3. The van der Waals surface area contributed by atoms with Crippen LogP contribution in [0.2, 0.25) is 0 Å². The first-order chi connectivity index (χ1) is 9.24. The van der Waals surface area contributed by atoms with Gasteiger partial charge in [-0.1, -0.05) is 30.3 Å². The van der Waals surface area contributed by atoms with Gasteiger partial charge in [0.15, 0.2) is 0 Å². The predicted octanol–water partition coefficient (Wildman–Crippen LogP) is 3.03. The summed E-state index contributed by atoms with van der Waals surface area (Å²) in [5.41, 5.74) is 8.83. The van der Waals surface area contributed by atoms with Crippen LogP contribution in [0.5, 0.6) is 5.75 Å². The third-order valence-corrected chi connectivity index (χ3v) is 2.96. The maximum absolute atomic E-state index is 9.42. The van der Waals surface area contributed by atoms with Crippen molar-refractivity contribution in [2.75, 3.05) is 5.73 Å². The van der Waals surface area contributed by atoms with Gasteiger partial charge in [-0.25, -0.2) is 4.98 Å². The van der Waals surface area contributed by atoms with Crippen LogP contribution in [0.15, 0.2) is 54.7 Å². The first-order valence-corrected chi connectivity index (χ1v) is 5.93. The standard InChI is InChI=1S/C15H13N3O/c16-12-8-11(6-7-14(12)19)13-9-17-15(18-13)10-4-2-1-3-5-10/h1-9,19H,16H2,(H,17,18). The Morgan fingerprint density at radius 3 is 2.53 bits per heavy atom. The van der Waals surface area contributed by atoms with E-state index in [1.807, 2.05) is 30.3 Å². The second-order valence-corrected chi connectivity index (χ2v) is 4.29. The van der Waals surface area contributed by atoms with E-state index in [1.54, 1.807) is 24.4 Å². The van der Waals surface area contributed by atoms with Crippen molar-refractivity contribution >= 4 is 5.69 Å². The molecule has 0 aliphatic carbocycles. The average molecular weight is 251 g/mol. The molecular weight excluding hydrogens is 238 g/mol. The summed E-state index contributed by atoms with van der Waals surface area (Å²) in [7, 11) is 0. The molecule has 0 bridgehead atoms. The highest BCUT2D eigenvalue weighted by Crippen LogP contribution is 2.27. The van der Waals surface area contributed by atoms with E-state index in [-0.39, 0.29) is 5.75 Å². The van der Waals surface area contributed by atoms with Crippen LogP contribution in [0.3, 0.4) is 0 Å². The van der Waals surface area contributed by atoms with Crippen LogP contribution in [0.25, 0.3) is 22.6 Å². The molecule has 0 saturated heterocycles. The molecule has 0 radical (unpaired) electrons. The number of nitrogens with two attached hydrogens (primary N) is 1. The van der Waals surface area contributed by atoms with Gasteiger partial charge < -0.3 is 15.8 Å². The lowest BCUT2D eigenvalue weighted by molar-refractivity contribution is 0.478. The van der Waals surface area contributed by atoms with E-state index in [0.717, 1.165) is 22.6 Å². The Kier molecular flexibility index (Phi) is 2.68. The molecule has 4 nitrogen and oxygen atoms in total. The smallest absolute Gasteiger partial charge is 0.138 e. The molecule has 0 fully saturated rings. The van der Waals surface area contributed by atoms with Gasteiger partial charge in [0, 0.05) is 11.1 Å². The van der Waals surface area contributed by atoms with Crippen molar-refractivity contribution in [1.29, 1.82) is 0 Å². The van der Waals surface area contributed by atoms with Gasteiger partial charge in [0.1, 0.15) is 11.6 Å². The molecule has 1 aromatic heterocycles. The van der Waals surface area contributed by atoms with Crippen LogP contribution < -0.4 is 5.73 Å². The van der Waals surface area contributed by atoms with Crippen molar-refractivity contribution in [3.8, 4) is 28.4 Å². The minimum Gasteiger partial charge on any atom is -0.506 e. The predicted molar refractivity (Wildman–Crippen MR) is 75.5 cm³/mol. The summed E-state index contributed by atoms with van der Waals surface area (Å²) in [4.78, 5) is 7.60. The third-order valence-electron chi connectivity index (χ3n) is 2.96. The first-order valence-electron chi connectivity index (χ1n) is 5.93. The summed E-state index contributed by atoms with van der Waals surface area (Å²) in [6.45, 7) is 0. The Morgan fingerprint density at radius 2 is 1.79 bits per heavy atom. The summed E-state index contributed by atoms with van der Waals surface area (Å²) >= 11 is 0. The van der Waals surface area contributed by atoms with Crippen LogP contribution in [-0.2, 0) is 0 Å². The van der Waals surface area contributed by atoms with E-state index in [1.165, 1.54) is 0 Å². The quantitative estimate of drug-likeness (QED) is 0.484. The Labute approximate surface area is 110 Å². The maximum atomic E-state index is 9.42. The van der Waals surface area contributed by atoms with Crippen molar-refractivity contribution in [1.82, 2.24) is 9.97 Å². The molecule has 4 heteroatoms. The van der Waals surface area contributed by atoms with Gasteiger partial charge in [0.25, 0.3) is 0 Å². The Hall–Kier alpha value is -2.75. The molecule has 0 unspecified atom stereocenters. The summed E-state index contributed by atoms with van der Waals surface area (Å²) in [5, 5.41) is 9.42. The zero-order chi connectivity index (χ0) is 13.2. The van der Waals surface area contributed by atoms with Crippen molar-refractivity contribution < 1.29 is 5.11 Å². The van der Waals surface area contributed by atoms with Gasteiger partial charge in [-0.15, -0.1) is 0 Å². The molecule has 0 aliphatic rings. The fourth-order valence-electron chi connectivity index (χ4n) is 1.93. The van der Waals surface area contributed by atoms with Crippen LogP contribution >= 0.6 is 0 Å². The number of benzene rings is 2. The molecular formula is C15H13N3O. The number of rotatable bonds is 2. The number of phenolic OH excluding ortho intramolecular Hbond substituents is 1. The molecule has 3 aromatic rings. The Bertz CT molecular complexity index is 704. The number of anilines is 1. The van der Waals surface area contributed by atoms with Gasteiger partial charge >= 0.3 is 0 Å². The van der Waals surface area contributed by atoms with Gasteiger partial charge in [0.2, 0.25) is 0 Å². The molecule has 2 aromatic carbocycles. The maximum Gasteiger partial charge on any atom is 0.138 e. The molecule has 1 heterocycles. The minimum absolute atomic E-state index is 0.0894. The Morgan fingerprint density at radius 1 is 1.00 bits per heavy atom. The molecule has 19 heavy (non-hydrogen) atoms. The minimum atomic E-state index is 0.0894. The van der Waals surface area contributed by atoms with Crippen molar-refractivity contribution in [2.24, 2.45) is 0 Å². The second kappa shape index (κ2) is 4.49. The molecule has 94 valence electrons. The number of phenols is 1. The highest BCUT2D eigenvalue weighted by Gasteiger charge is 2.06. The number of nitrogen functional groups attached to an aromatic ring is 1. The van der Waals surface area contributed by atoms with Crippen LogP contribution in [0.4, 0.5) is 5.69 Å². The number of hydrogen-bond acceptors (Lipinski definition) is 3. The number of nitrogens with one attached hydrogen (secondary N) is 1. The van der Waals surface area contributed by atoms with E-state index in [0.29, 0.717) is 5.69 Å². The summed E-state index contributed by atoms with van der Waals surface area (Å²) in [5.74, 6) is 0.897. The van der Waals surface area contributed by atoms with E-state index < -0.39 is 0 Å². The largest absolute Gasteiger partial charge is 0.506 e. The van der Waals surface area contributed by atoms with Crippen molar-refractivity contribution in [3.05, 3.63) is 54.7 Å². The molecule has 0 atom stereocenters. The molecule has 0 saturated carbocycles. The lowest BCUT2D eigenvalue weighted by Gasteiger charge is -2.02. The van der Waals surface area contributed by atoms with E-state index in [4.69, 9.17) is 5.73 Å². The number of aromatic hydroxyl groups is 1. The van der Waals surface area contributed by atoms with E-state index in [9.17, 15) is 5.11 Å². The zero-order valence-corrected chi connectivity index (χ0v) is 10.2. The van der Waals surface area contributed by atoms with Crippen molar-refractivity contribution in [3.63, 3.8) is 0 Å². The van der Waals surface area contributed by atoms with Crippen LogP contribution in [0, 0.1) is 0 Å².